The van der Waals surface area contributed by atoms with Crippen molar-refractivity contribution in [2.24, 2.45) is 0 Å². The monoisotopic (exact) mass is 427 g/mol. The van der Waals surface area contributed by atoms with E-state index in [9.17, 15) is 4.79 Å². The van der Waals surface area contributed by atoms with Crippen LogP contribution in [0.4, 0.5) is 0 Å². The van der Waals surface area contributed by atoms with Crippen LogP contribution in [0.5, 0.6) is 0 Å². The summed E-state index contributed by atoms with van der Waals surface area (Å²) >= 11 is 6.98. The first kappa shape index (κ1) is 20.0. The minimum absolute atomic E-state index is 0.188. The van der Waals surface area contributed by atoms with Crippen LogP contribution in [-0.2, 0) is 17.8 Å². The van der Waals surface area contributed by atoms with E-state index in [0.29, 0.717) is 17.7 Å². The van der Waals surface area contributed by atoms with Crippen molar-refractivity contribution in [1.29, 1.82) is 0 Å². The highest BCUT2D eigenvalue weighted by molar-refractivity contribution is 7.71. The smallest absolute Gasteiger partial charge is 0.224 e. The van der Waals surface area contributed by atoms with Gasteiger partial charge in [0, 0.05) is 45.7 Å². The molecule has 152 valence electrons. The van der Waals surface area contributed by atoms with Gasteiger partial charge in [-0.2, -0.15) is 5.10 Å². The van der Waals surface area contributed by atoms with E-state index in [2.05, 4.69) is 39.4 Å². The van der Waals surface area contributed by atoms with Crippen LogP contribution in [0.15, 0.2) is 47.8 Å². The summed E-state index contributed by atoms with van der Waals surface area (Å²) in [4.78, 5) is 18.2. The second-order valence-electron chi connectivity index (χ2n) is 7.19. The standard InChI is InChI=1S/C21H25N5OS2/c27-19(9-11-26-20(22-23-21(26)28)18-7-4-16-29-18)25-14-12-24(13-15-25)10-8-17-5-2-1-3-6-17/h1-7,16H,8-15H2,(H,23,28). The molecular weight excluding hydrogens is 402 g/mol. The first-order valence-corrected chi connectivity index (χ1v) is 11.2. The molecule has 1 aromatic carbocycles. The van der Waals surface area contributed by atoms with Gasteiger partial charge in [-0.1, -0.05) is 36.4 Å². The summed E-state index contributed by atoms with van der Waals surface area (Å²) in [6.07, 6.45) is 1.50. The fourth-order valence-electron chi connectivity index (χ4n) is 3.64. The molecule has 3 heterocycles. The third-order valence-electron chi connectivity index (χ3n) is 5.33. The molecule has 1 N–H and O–H groups in total. The minimum atomic E-state index is 0.188. The Balaban J connectivity index is 1.26. The average Bonchev–Trinajstić information content (AvgIpc) is 3.41. The lowest BCUT2D eigenvalue weighted by atomic mass is 10.1. The van der Waals surface area contributed by atoms with Gasteiger partial charge in [-0.05, 0) is 35.6 Å². The number of amides is 1. The van der Waals surface area contributed by atoms with Crippen molar-refractivity contribution in [2.45, 2.75) is 19.4 Å². The molecule has 4 rings (SSSR count). The molecule has 1 saturated heterocycles. The van der Waals surface area contributed by atoms with Gasteiger partial charge in [-0.3, -0.25) is 19.4 Å². The normalized spacial score (nSPS) is 15.0. The van der Waals surface area contributed by atoms with Crippen LogP contribution in [-0.4, -0.2) is 63.2 Å². The van der Waals surface area contributed by atoms with Crippen LogP contribution in [0.2, 0.25) is 0 Å². The summed E-state index contributed by atoms with van der Waals surface area (Å²) in [6, 6.07) is 14.6. The summed E-state index contributed by atoms with van der Waals surface area (Å²) in [5.41, 5.74) is 1.37. The number of carbonyl (C=O) groups is 1. The number of thiophene rings is 1. The molecule has 0 radical (unpaired) electrons. The van der Waals surface area contributed by atoms with Crippen LogP contribution in [0.25, 0.3) is 10.7 Å². The molecule has 0 aliphatic carbocycles. The SMILES string of the molecule is O=C(CCn1c(-c2cccs2)n[nH]c1=S)N1CCN(CCc2ccccc2)CC1. The van der Waals surface area contributed by atoms with E-state index >= 15 is 0 Å². The van der Waals surface area contributed by atoms with Crippen molar-refractivity contribution in [2.75, 3.05) is 32.7 Å². The maximum Gasteiger partial charge on any atom is 0.224 e. The fourth-order valence-corrected chi connectivity index (χ4v) is 4.58. The zero-order chi connectivity index (χ0) is 20.1. The van der Waals surface area contributed by atoms with Crippen molar-refractivity contribution in [1.82, 2.24) is 24.6 Å². The van der Waals surface area contributed by atoms with Crippen LogP contribution in [0.3, 0.4) is 0 Å². The first-order chi connectivity index (χ1) is 14.2. The molecule has 2 aromatic heterocycles. The molecule has 6 nitrogen and oxygen atoms in total. The number of hydrogen-bond acceptors (Lipinski definition) is 5. The number of benzene rings is 1. The van der Waals surface area contributed by atoms with Gasteiger partial charge in [0.2, 0.25) is 5.91 Å². The molecule has 1 fully saturated rings. The topological polar surface area (TPSA) is 57.2 Å². The fraction of sp³-hybridized carbons (Fsp3) is 0.381. The van der Waals surface area contributed by atoms with Gasteiger partial charge in [0.25, 0.3) is 0 Å². The number of nitrogens with one attached hydrogen (secondary N) is 1. The number of hydrogen-bond donors (Lipinski definition) is 1. The average molecular weight is 428 g/mol. The summed E-state index contributed by atoms with van der Waals surface area (Å²) in [6.45, 7) is 5.05. The number of nitrogens with zero attached hydrogens (tertiary/aromatic N) is 4. The van der Waals surface area contributed by atoms with Gasteiger partial charge >= 0.3 is 0 Å². The molecule has 0 bridgehead atoms. The molecule has 29 heavy (non-hydrogen) atoms. The molecule has 0 unspecified atom stereocenters. The zero-order valence-corrected chi connectivity index (χ0v) is 17.9. The highest BCUT2D eigenvalue weighted by Gasteiger charge is 2.21. The molecule has 8 heteroatoms. The molecular formula is C21H25N5OS2. The van der Waals surface area contributed by atoms with Gasteiger partial charge in [-0.25, -0.2) is 0 Å². The number of piperazine rings is 1. The van der Waals surface area contributed by atoms with Crippen molar-refractivity contribution in [3.05, 3.63) is 58.2 Å². The van der Waals surface area contributed by atoms with Crippen LogP contribution >= 0.6 is 23.6 Å². The maximum atomic E-state index is 12.7. The Hall–Kier alpha value is -2.29. The van der Waals surface area contributed by atoms with E-state index in [1.807, 2.05) is 33.0 Å². The quantitative estimate of drug-likeness (QED) is 0.587. The van der Waals surface area contributed by atoms with Crippen molar-refractivity contribution < 1.29 is 4.79 Å². The number of aromatic amines is 1. The summed E-state index contributed by atoms with van der Waals surface area (Å²) in [5, 5.41) is 9.20. The molecule has 1 amide bonds. The Kier molecular flexibility index (Phi) is 6.53. The molecule has 0 atom stereocenters. The van der Waals surface area contributed by atoms with Gasteiger partial charge < -0.3 is 4.90 Å². The summed E-state index contributed by atoms with van der Waals surface area (Å²) in [7, 11) is 0. The summed E-state index contributed by atoms with van der Waals surface area (Å²) < 4.78 is 2.49. The Morgan fingerprint density at radius 3 is 2.59 bits per heavy atom. The lowest BCUT2D eigenvalue weighted by Crippen LogP contribution is -2.49. The third kappa shape index (κ3) is 5.01. The van der Waals surface area contributed by atoms with Crippen molar-refractivity contribution >= 4 is 29.5 Å². The number of aromatic nitrogens is 3. The lowest BCUT2D eigenvalue weighted by molar-refractivity contribution is -0.133. The second kappa shape index (κ2) is 9.47. The van der Waals surface area contributed by atoms with Gasteiger partial charge in [0.15, 0.2) is 10.6 Å². The van der Waals surface area contributed by atoms with E-state index in [-0.39, 0.29) is 5.91 Å². The van der Waals surface area contributed by atoms with Gasteiger partial charge in [0.1, 0.15) is 0 Å². The van der Waals surface area contributed by atoms with Crippen LogP contribution < -0.4 is 0 Å². The lowest BCUT2D eigenvalue weighted by Gasteiger charge is -2.34. The van der Waals surface area contributed by atoms with E-state index in [1.54, 1.807) is 11.3 Å². The van der Waals surface area contributed by atoms with Crippen molar-refractivity contribution in [3.8, 4) is 10.7 Å². The van der Waals surface area contributed by atoms with Gasteiger partial charge in [-0.15, -0.1) is 11.3 Å². The van der Waals surface area contributed by atoms with Gasteiger partial charge in [0.05, 0.1) is 4.88 Å². The van der Waals surface area contributed by atoms with E-state index < -0.39 is 0 Å². The van der Waals surface area contributed by atoms with Crippen LogP contribution in [0.1, 0.15) is 12.0 Å². The van der Waals surface area contributed by atoms with E-state index in [1.165, 1.54) is 5.56 Å². The zero-order valence-electron chi connectivity index (χ0n) is 16.3. The second-order valence-corrected chi connectivity index (χ2v) is 8.52. The first-order valence-electron chi connectivity index (χ1n) is 9.94. The van der Waals surface area contributed by atoms with Crippen molar-refractivity contribution in [3.63, 3.8) is 0 Å². The largest absolute Gasteiger partial charge is 0.340 e. The molecule has 3 aromatic rings. The van der Waals surface area contributed by atoms with E-state index in [4.69, 9.17) is 12.2 Å². The minimum Gasteiger partial charge on any atom is -0.340 e. The predicted octanol–water partition coefficient (Wildman–Crippen LogP) is 3.45. The molecule has 1 aliphatic heterocycles. The Morgan fingerprint density at radius 1 is 1.07 bits per heavy atom. The maximum absolute atomic E-state index is 12.7. The van der Waals surface area contributed by atoms with Crippen LogP contribution in [0, 0.1) is 4.77 Å². The Bertz CT molecular complexity index is 972. The Labute approximate surface area is 179 Å². The highest BCUT2D eigenvalue weighted by Crippen LogP contribution is 2.23. The molecule has 0 saturated carbocycles. The van der Waals surface area contributed by atoms with E-state index in [0.717, 1.165) is 49.8 Å². The summed E-state index contributed by atoms with van der Waals surface area (Å²) in [5.74, 6) is 0.997. The number of carbonyl (C=O) groups excluding carboxylic acids is 1. The Morgan fingerprint density at radius 2 is 1.86 bits per heavy atom. The third-order valence-corrected chi connectivity index (χ3v) is 6.51. The molecule has 0 spiro atoms. The molecule has 1 aliphatic rings. The number of rotatable bonds is 7. The predicted molar refractivity (Wildman–Crippen MR) is 119 cm³/mol. The number of H-pyrrole nitrogens is 1. The highest BCUT2D eigenvalue weighted by atomic mass is 32.1.